The maximum Gasteiger partial charge on any atom is 0.340 e. The van der Waals surface area contributed by atoms with Gasteiger partial charge >= 0.3 is 5.97 Å². The Balaban J connectivity index is 2.95. The van der Waals surface area contributed by atoms with E-state index >= 15 is 0 Å². The van der Waals surface area contributed by atoms with Crippen molar-refractivity contribution in [3.05, 3.63) is 11.8 Å². The number of amides is 1. The Labute approximate surface area is 122 Å². The zero-order valence-electron chi connectivity index (χ0n) is 12.2. The Kier molecular flexibility index (Phi) is 4.74. The van der Waals surface area contributed by atoms with Crippen LogP contribution >= 0.6 is 0 Å². The minimum Gasteiger partial charge on any atom is -0.478 e. The molecule has 0 radical (unpaired) electrons. The molecule has 10 heteroatoms. The molecule has 0 bridgehead atoms. The number of hydrogen-bond acceptors (Lipinski definition) is 5. The van der Waals surface area contributed by atoms with Crippen LogP contribution in [0.5, 0.6) is 0 Å². The number of H-pyrrole nitrogens is 1. The van der Waals surface area contributed by atoms with Crippen molar-refractivity contribution in [1.29, 1.82) is 0 Å². The average Bonchev–Trinajstić information content (AvgIpc) is 2.75. The molecule has 0 aliphatic heterocycles. The highest BCUT2D eigenvalue weighted by Gasteiger charge is 2.30. The number of hydrogen-bond donors (Lipinski definition) is 3. The van der Waals surface area contributed by atoms with Crippen LogP contribution in [-0.4, -0.2) is 59.0 Å². The number of nitrogens with one attached hydrogen (secondary N) is 2. The lowest BCUT2D eigenvalue weighted by atomic mass is 10.1. The highest BCUT2D eigenvalue weighted by atomic mass is 32.2. The SMILES string of the molecule is CN(CC(=O)NC(C)(C)C)S(=O)(=O)c1[nH]ncc1C(=O)O. The number of likely N-dealkylation sites (N-methyl/N-ethyl adjacent to an activating group) is 1. The van der Waals surface area contributed by atoms with Gasteiger partial charge in [-0.2, -0.15) is 9.40 Å². The van der Waals surface area contributed by atoms with Crippen LogP contribution in [0.25, 0.3) is 0 Å². The Morgan fingerprint density at radius 3 is 2.48 bits per heavy atom. The van der Waals surface area contributed by atoms with Gasteiger partial charge in [0.2, 0.25) is 5.91 Å². The van der Waals surface area contributed by atoms with E-state index in [1.807, 2.05) is 0 Å². The first-order valence-corrected chi connectivity index (χ1v) is 7.43. The normalized spacial score (nSPS) is 12.4. The summed E-state index contributed by atoms with van der Waals surface area (Å²) in [5.41, 5.74) is -0.972. The summed E-state index contributed by atoms with van der Waals surface area (Å²) in [6, 6.07) is 0. The second kappa shape index (κ2) is 5.82. The van der Waals surface area contributed by atoms with Gasteiger partial charge in [0.1, 0.15) is 5.56 Å². The first-order chi connectivity index (χ1) is 9.45. The molecule has 1 heterocycles. The molecule has 21 heavy (non-hydrogen) atoms. The Hall–Kier alpha value is -1.94. The van der Waals surface area contributed by atoms with Gasteiger partial charge in [0.15, 0.2) is 5.03 Å². The number of aromatic carboxylic acids is 1. The van der Waals surface area contributed by atoms with Gasteiger partial charge in [0.25, 0.3) is 10.0 Å². The van der Waals surface area contributed by atoms with Gasteiger partial charge in [0, 0.05) is 12.6 Å². The van der Waals surface area contributed by atoms with Gasteiger partial charge in [-0.25, -0.2) is 13.2 Å². The molecule has 0 fully saturated rings. The topological polar surface area (TPSA) is 132 Å². The van der Waals surface area contributed by atoms with Crippen LogP contribution in [-0.2, 0) is 14.8 Å². The lowest BCUT2D eigenvalue weighted by molar-refractivity contribution is -0.122. The van der Waals surface area contributed by atoms with Gasteiger partial charge in [-0.3, -0.25) is 9.89 Å². The van der Waals surface area contributed by atoms with E-state index in [1.54, 1.807) is 20.8 Å². The fraction of sp³-hybridized carbons (Fsp3) is 0.545. The first kappa shape index (κ1) is 17.1. The minimum absolute atomic E-state index is 0.433. The summed E-state index contributed by atoms with van der Waals surface area (Å²) < 4.78 is 25.2. The predicted molar refractivity (Wildman–Crippen MR) is 73.3 cm³/mol. The molecule has 0 saturated carbocycles. The number of carboxylic acid groups (broad SMARTS) is 1. The van der Waals surface area contributed by atoms with Crippen molar-refractivity contribution >= 4 is 21.9 Å². The smallest absolute Gasteiger partial charge is 0.340 e. The molecule has 9 nitrogen and oxygen atoms in total. The largest absolute Gasteiger partial charge is 0.478 e. The molecule has 0 unspecified atom stereocenters. The van der Waals surface area contributed by atoms with Gasteiger partial charge in [-0.05, 0) is 20.8 Å². The average molecular weight is 318 g/mol. The lowest BCUT2D eigenvalue weighted by Gasteiger charge is -2.23. The number of carboxylic acids is 1. The van der Waals surface area contributed by atoms with Gasteiger partial charge in [-0.1, -0.05) is 0 Å². The Morgan fingerprint density at radius 1 is 1.43 bits per heavy atom. The molecule has 0 spiro atoms. The Morgan fingerprint density at radius 2 is 2.00 bits per heavy atom. The van der Waals surface area contributed by atoms with Crippen LogP contribution in [0.3, 0.4) is 0 Å². The summed E-state index contributed by atoms with van der Waals surface area (Å²) in [5.74, 6) is -1.92. The van der Waals surface area contributed by atoms with Crippen LogP contribution < -0.4 is 5.32 Å². The maximum atomic E-state index is 12.2. The molecular weight excluding hydrogens is 300 g/mol. The highest BCUT2D eigenvalue weighted by molar-refractivity contribution is 7.89. The monoisotopic (exact) mass is 318 g/mol. The summed E-state index contributed by atoms with van der Waals surface area (Å²) in [4.78, 5) is 22.7. The second-order valence-corrected chi connectivity index (χ2v) is 7.46. The van der Waals surface area contributed by atoms with Crippen molar-refractivity contribution in [3.8, 4) is 0 Å². The molecule has 1 amide bonds. The van der Waals surface area contributed by atoms with E-state index in [1.165, 1.54) is 7.05 Å². The van der Waals surface area contributed by atoms with Crippen molar-refractivity contribution < 1.29 is 23.1 Å². The number of sulfonamides is 1. The van der Waals surface area contributed by atoms with Crippen LogP contribution in [0, 0.1) is 0 Å². The minimum atomic E-state index is -4.15. The lowest BCUT2D eigenvalue weighted by Crippen LogP contribution is -2.46. The van der Waals surface area contributed by atoms with E-state index in [-0.39, 0.29) is 0 Å². The van der Waals surface area contributed by atoms with E-state index < -0.39 is 44.6 Å². The van der Waals surface area contributed by atoms with Crippen LogP contribution in [0.4, 0.5) is 0 Å². The molecule has 1 aromatic rings. The van der Waals surface area contributed by atoms with Crippen molar-refractivity contribution in [2.45, 2.75) is 31.3 Å². The molecule has 0 aliphatic carbocycles. The summed E-state index contributed by atoms with van der Waals surface area (Å²) in [5, 5.41) is 16.5. The third kappa shape index (κ3) is 4.26. The molecule has 118 valence electrons. The van der Waals surface area contributed by atoms with E-state index in [0.717, 1.165) is 10.5 Å². The molecule has 0 saturated heterocycles. The van der Waals surface area contributed by atoms with Gasteiger partial charge < -0.3 is 10.4 Å². The number of carbonyl (C=O) groups excluding carboxylic acids is 1. The van der Waals surface area contributed by atoms with Crippen LogP contribution in [0.2, 0.25) is 0 Å². The number of carbonyl (C=O) groups is 2. The molecule has 1 aromatic heterocycles. The van der Waals surface area contributed by atoms with Crippen molar-refractivity contribution in [2.75, 3.05) is 13.6 Å². The summed E-state index contributed by atoms with van der Waals surface area (Å²) in [6.45, 7) is 4.85. The fourth-order valence-corrected chi connectivity index (χ4v) is 2.71. The standard InChI is InChI=1S/C11H18N4O5S/c1-11(2,3)13-8(16)6-15(4)21(19,20)9-7(10(17)18)5-12-14-9/h5H,6H2,1-4H3,(H,12,14)(H,13,16)(H,17,18). The summed E-state index contributed by atoms with van der Waals surface area (Å²) >= 11 is 0. The highest BCUT2D eigenvalue weighted by Crippen LogP contribution is 2.16. The number of rotatable bonds is 5. The van der Waals surface area contributed by atoms with E-state index in [4.69, 9.17) is 5.11 Å². The summed E-state index contributed by atoms with van der Waals surface area (Å²) in [7, 11) is -2.96. The fourth-order valence-electron chi connectivity index (χ4n) is 1.52. The number of nitrogens with zero attached hydrogens (tertiary/aromatic N) is 2. The van der Waals surface area contributed by atoms with Crippen LogP contribution in [0.1, 0.15) is 31.1 Å². The number of aromatic amines is 1. The van der Waals surface area contributed by atoms with E-state index in [2.05, 4.69) is 15.5 Å². The van der Waals surface area contributed by atoms with E-state index in [9.17, 15) is 18.0 Å². The zero-order chi connectivity index (χ0) is 16.4. The molecule has 3 N–H and O–H groups in total. The van der Waals surface area contributed by atoms with Crippen molar-refractivity contribution in [1.82, 2.24) is 19.8 Å². The summed E-state index contributed by atoms with van der Waals surface area (Å²) in [6.07, 6.45) is 0.901. The molecule has 0 aliphatic rings. The van der Waals surface area contributed by atoms with Gasteiger partial charge in [-0.15, -0.1) is 0 Å². The predicted octanol–water partition coefficient (Wildman–Crippen LogP) is -0.357. The Bertz CT molecular complexity index is 644. The quantitative estimate of drug-likeness (QED) is 0.679. The van der Waals surface area contributed by atoms with Crippen LogP contribution in [0.15, 0.2) is 11.2 Å². The third-order valence-corrected chi connectivity index (χ3v) is 4.16. The molecule has 0 atom stereocenters. The second-order valence-electron chi connectivity index (χ2n) is 5.48. The molecule has 0 aromatic carbocycles. The third-order valence-electron chi connectivity index (χ3n) is 2.38. The van der Waals surface area contributed by atoms with Gasteiger partial charge in [0.05, 0.1) is 12.7 Å². The first-order valence-electron chi connectivity index (χ1n) is 5.99. The maximum absolute atomic E-state index is 12.2. The van der Waals surface area contributed by atoms with Crippen molar-refractivity contribution in [3.63, 3.8) is 0 Å². The zero-order valence-corrected chi connectivity index (χ0v) is 13.0. The number of aromatic nitrogens is 2. The molecular formula is C11H18N4O5S. The molecule has 1 rings (SSSR count). The van der Waals surface area contributed by atoms with Crippen molar-refractivity contribution in [2.24, 2.45) is 0 Å². The van der Waals surface area contributed by atoms with E-state index in [0.29, 0.717) is 0 Å².